The van der Waals surface area contributed by atoms with Crippen LogP contribution in [0.3, 0.4) is 0 Å². The Morgan fingerprint density at radius 2 is 2.36 bits per heavy atom. The van der Waals surface area contributed by atoms with E-state index in [4.69, 9.17) is 13.8 Å². The molecule has 0 spiro atoms. The third-order valence-electron chi connectivity index (χ3n) is 4.50. The van der Waals surface area contributed by atoms with E-state index in [0.29, 0.717) is 29.7 Å². The molecule has 25 heavy (non-hydrogen) atoms. The Hall–Kier alpha value is -2.41. The molecule has 3 aromatic rings. The van der Waals surface area contributed by atoms with E-state index >= 15 is 0 Å². The molecule has 1 unspecified atom stereocenters. The fourth-order valence-corrected chi connectivity index (χ4v) is 4.20. The smallest absolute Gasteiger partial charge is 0.276 e. The number of nitrogens with zero attached hydrogens (tertiary/aromatic N) is 3. The Labute approximate surface area is 149 Å². The standard InChI is InChI=1S/C18H19N3O3S/c1-2-13-10-25-17(20-13)12-5-3-7-21(9-12)18(22)15-16(24-11-19-15)14-6-4-8-23-14/h4,6,8,10-12H,2-3,5,7,9H2,1H3. The number of aromatic nitrogens is 2. The minimum Gasteiger partial charge on any atom is -0.461 e. The summed E-state index contributed by atoms with van der Waals surface area (Å²) in [6.45, 7) is 3.50. The Morgan fingerprint density at radius 3 is 3.12 bits per heavy atom. The number of carbonyl (C=O) groups excluding carboxylic acids is 1. The highest BCUT2D eigenvalue weighted by Crippen LogP contribution is 2.31. The maximum absolute atomic E-state index is 13.0. The summed E-state index contributed by atoms with van der Waals surface area (Å²) >= 11 is 1.69. The Balaban J connectivity index is 1.54. The van der Waals surface area contributed by atoms with Crippen LogP contribution in [0.1, 0.15) is 46.9 Å². The number of hydrogen-bond acceptors (Lipinski definition) is 6. The van der Waals surface area contributed by atoms with Gasteiger partial charge in [0.2, 0.25) is 5.76 Å². The van der Waals surface area contributed by atoms with Crippen molar-refractivity contribution in [1.29, 1.82) is 0 Å². The number of hydrogen-bond donors (Lipinski definition) is 0. The predicted molar refractivity (Wildman–Crippen MR) is 93.6 cm³/mol. The Bertz CT molecular complexity index is 853. The molecule has 1 amide bonds. The van der Waals surface area contributed by atoms with Crippen LogP contribution in [0.2, 0.25) is 0 Å². The summed E-state index contributed by atoms with van der Waals surface area (Å²) < 4.78 is 10.7. The molecule has 4 heterocycles. The van der Waals surface area contributed by atoms with Gasteiger partial charge in [0.25, 0.3) is 5.91 Å². The zero-order chi connectivity index (χ0) is 17.2. The van der Waals surface area contributed by atoms with Crippen molar-refractivity contribution in [2.75, 3.05) is 13.1 Å². The first kappa shape index (κ1) is 16.1. The molecule has 1 aliphatic rings. The van der Waals surface area contributed by atoms with Crippen LogP contribution in [0, 0.1) is 0 Å². The summed E-state index contributed by atoms with van der Waals surface area (Å²) in [6, 6.07) is 3.52. The first-order chi connectivity index (χ1) is 12.3. The molecule has 0 aromatic carbocycles. The van der Waals surface area contributed by atoms with Crippen molar-refractivity contribution in [3.63, 3.8) is 0 Å². The third-order valence-corrected chi connectivity index (χ3v) is 5.56. The SMILES string of the molecule is CCc1csc(C2CCCN(C(=O)c3ncoc3-c3ccco3)C2)n1. The van der Waals surface area contributed by atoms with Gasteiger partial charge in [0, 0.05) is 24.4 Å². The van der Waals surface area contributed by atoms with Gasteiger partial charge < -0.3 is 13.7 Å². The van der Waals surface area contributed by atoms with Gasteiger partial charge >= 0.3 is 0 Å². The van der Waals surface area contributed by atoms with E-state index in [-0.39, 0.29) is 5.91 Å². The van der Waals surface area contributed by atoms with Gasteiger partial charge in [-0.2, -0.15) is 0 Å². The van der Waals surface area contributed by atoms with Gasteiger partial charge in [-0.1, -0.05) is 6.92 Å². The molecule has 7 heteroatoms. The molecule has 1 fully saturated rings. The zero-order valence-corrected chi connectivity index (χ0v) is 14.8. The molecule has 6 nitrogen and oxygen atoms in total. The fourth-order valence-electron chi connectivity index (χ4n) is 3.17. The van der Waals surface area contributed by atoms with Crippen LogP contribution in [0.15, 0.2) is 39.0 Å². The summed E-state index contributed by atoms with van der Waals surface area (Å²) in [5.74, 6) is 1.08. The highest BCUT2D eigenvalue weighted by atomic mass is 32.1. The van der Waals surface area contributed by atoms with Crippen molar-refractivity contribution >= 4 is 17.2 Å². The van der Waals surface area contributed by atoms with Gasteiger partial charge in [0.1, 0.15) is 0 Å². The van der Waals surface area contributed by atoms with Crippen LogP contribution < -0.4 is 0 Å². The Kier molecular flexibility index (Phi) is 4.40. The molecule has 0 radical (unpaired) electrons. The average Bonchev–Trinajstić information content (AvgIpc) is 3.41. The number of carbonyl (C=O) groups is 1. The predicted octanol–water partition coefficient (Wildman–Crippen LogP) is 3.97. The number of furan rings is 1. The molecule has 0 N–H and O–H groups in total. The molecule has 0 saturated carbocycles. The number of thiazole rings is 1. The maximum atomic E-state index is 13.0. The molecule has 130 valence electrons. The van der Waals surface area contributed by atoms with E-state index in [1.807, 2.05) is 4.90 Å². The second-order valence-electron chi connectivity index (χ2n) is 6.13. The van der Waals surface area contributed by atoms with Gasteiger partial charge in [-0.3, -0.25) is 4.79 Å². The highest BCUT2D eigenvalue weighted by Gasteiger charge is 2.30. The van der Waals surface area contributed by atoms with E-state index < -0.39 is 0 Å². The normalized spacial score (nSPS) is 17.8. The molecular formula is C18H19N3O3S. The lowest BCUT2D eigenvalue weighted by Crippen LogP contribution is -2.39. The summed E-state index contributed by atoms with van der Waals surface area (Å²) in [6.07, 6.45) is 5.81. The molecule has 1 aliphatic heterocycles. The average molecular weight is 357 g/mol. The van der Waals surface area contributed by atoms with Crippen molar-refractivity contribution in [1.82, 2.24) is 14.9 Å². The first-order valence-corrected chi connectivity index (χ1v) is 9.35. The summed E-state index contributed by atoms with van der Waals surface area (Å²) in [5.41, 5.74) is 1.43. The van der Waals surface area contributed by atoms with E-state index in [9.17, 15) is 4.79 Å². The van der Waals surface area contributed by atoms with E-state index in [0.717, 1.165) is 36.5 Å². The molecular weight excluding hydrogens is 338 g/mol. The van der Waals surface area contributed by atoms with Crippen molar-refractivity contribution < 1.29 is 13.6 Å². The van der Waals surface area contributed by atoms with Crippen molar-refractivity contribution in [2.45, 2.75) is 32.1 Å². The van der Waals surface area contributed by atoms with Crippen LogP contribution in [0.25, 0.3) is 11.5 Å². The number of aryl methyl sites for hydroxylation is 1. The monoisotopic (exact) mass is 357 g/mol. The van der Waals surface area contributed by atoms with Crippen LogP contribution in [0.5, 0.6) is 0 Å². The maximum Gasteiger partial charge on any atom is 0.276 e. The zero-order valence-electron chi connectivity index (χ0n) is 14.0. The van der Waals surface area contributed by atoms with Gasteiger partial charge in [-0.05, 0) is 31.4 Å². The topological polar surface area (TPSA) is 72.4 Å². The molecule has 0 bridgehead atoms. The number of amides is 1. The first-order valence-electron chi connectivity index (χ1n) is 8.47. The molecule has 1 saturated heterocycles. The number of oxazole rings is 1. The molecule has 0 aliphatic carbocycles. The van der Waals surface area contributed by atoms with Gasteiger partial charge in [0.15, 0.2) is 17.8 Å². The van der Waals surface area contributed by atoms with Gasteiger partial charge in [0.05, 0.1) is 17.0 Å². The molecule has 3 aromatic heterocycles. The molecule has 4 rings (SSSR count). The largest absolute Gasteiger partial charge is 0.461 e. The van der Waals surface area contributed by atoms with Crippen molar-refractivity contribution in [3.05, 3.63) is 46.6 Å². The van der Waals surface area contributed by atoms with Crippen LogP contribution in [-0.2, 0) is 6.42 Å². The fraction of sp³-hybridized carbons (Fsp3) is 0.389. The summed E-state index contributed by atoms with van der Waals surface area (Å²) in [5, 5.41) is 3.24. The lowest BCUT2D eigenvalue weighted by atomic mass is 9.98. The number of rotatable bonds is 4. The van der Waals surface area contributed by atoms with Crippen molar-refractivity contribution in [2.24, 2.45) is 0 Å². The highest BCUT2D eigenvalue weighted by molar-refractivity contribution is 7.09. The van der Waals surface area contributed by atoms with Gasteiger partial charge in [-0.15, -0.1) is 11.3 Å². The van der Waals surface area contributed by atoms with Crippen LogP contribution in [0.4, 0.5) is 0 Å². The summed E-state index contributed by atoms with van der Waals surface area (Å²) in [7, 11) is 0. The van der Waals surface area contributed by atoms with E-state index in [1.165, 1.54) is 6.39 Å². The van der Waals surface area contributed by atoms with E-state index in [2.05, 4.69) is 17.3 Å². The van der Waals surface area contributed by atoms with E-state index in [1.54, 1.807) is 29.7 Å². The molecule has 1 atom stereocenters. The third kappa shape index (κ3) is 3.11. The Morgan fingerprint density at radius 1 is 1.44 bits per heavy atom. The quantitative estimate of drug-likeness (QED) is 0.706. The van der Waals surface area contributed by atoms with Gasteiger partial charge in [-0.25, -0.2) is 9.97 Å². The minimum absolute atomic E-state index is 0.114. The summed E-state index contributed by atoms with van der Waals surface area (Å²) in [4.78, 5) is 23.6. The second kappa shape index (κ2) is 6.84. The van der Waals surface area contributed by atoms with Crippen LogP contribution in [-0.4, -0.2) is 33.9 Å². The lowest BCUT2D eigenvalue weighted by molar-refractivity contribution is 0.0702. The second-order valence-corrected chi connectivity index (χ2v) is 7.02. The minimum atomic E-state index is -0.114. The van der Waals surface area contributed by atoms with Crippen LogP contribution >= 0.6 is 11.3 Å². The lowest BCUT2D eigenvalue weighted by Gasteiger charge is -2.31. The number of piperidine rings is 1. The number of likely N-dealkylation sites (tertiary alicyclic amines) is 1. The van der Waals surface area contributed by atoms with Crippen molar-refractivity contribution in [3.8, 4) is 11.5 Å².